The van der Waals surface area contributed by atoms with Crippen LogP contribution in [0.2, 0.25) is 0 Å². The number of fused-ring (bicyclic) bond motifs is 1. The molecule has 98 valence electrons. The van der Waals surface area contributed by atoms with Gasteiger partial charge in [0, 0.05) is 12.6 Å². The lowest BCUT2D eigenvalue weighted by Gasteiger charge is -2.25. The van der Waals surface area contributed by atoms with Gasteiger partial charge in [0.25, 0.3) is 0 Å². The molecular weight excluding hydrogens is 229 g/mol. The minimum Gasteiger partial charge on any atom is -0.389 e. The van der Waals surface area contributed by atoms with Crippen molar-refractivity contribution in [3.63, 3.8) is 0 Å². The summed E-state index contributed by atoms with van der Waals surface area (Å²) in [5.41, 5.74) is 1.81. The van der Waals surface area contributed by atoms with Crippen LogP contribution in [0.3, 0.4) is 0 Å². The maximum atomic E-state index is 13.1. The molecule has 0 saturated heterocycles. The lowest BCUT2D eigenvalue weighted by molar-refractivity contribution is 0.0448. The van der Waals surface area contributed by atoms with Crippen molar-refractivity contribution in [2.75, 3.05) is 6.54 Å². The molecule has 0 spiro atoms. The topological polar surface area (TPSA) is 32.3 Å². The van der Waals surface area contributed by atoms with Gasteiger partial charge in [-0.3, -0.25) is 0 Å². The van der Waals surface area contributed by atoms with Crippen molar-refractivity contribution >= 4 is 0 Å². The quantitative estimate of drug-likeness (QED) is 0.863. The van der Waals surface area contributed by atoms with Crippen molar-refractivity contribution in [3.05, 3.63) is 35.1 Å². The lowest BCUT2D eigenvalue weighted by atomic mass is 10.0. The summed E-state index contributed by atoms with van der Waals surface area (Å²) in [5, 5.41) is 13.8. The fraction of sp³-hybridized carbons (Fsp3) is 0.600. The largest absolute Gasteiger partial charge is 0.389 e. The first kappa shape index (κ1) is 12.1. The molecule has 2 nitrogen and oxygen atoms in total. The summed E-state index contributed by atoms with van der Waals surface area (Å²) >= 11 is 0. The van der Waals surface area contributed by atoms with E-state index >= 15 is 0 Å². The van der Waals surface area contributed by atoms with Crippen LogP contribution in [-0.2, 0) is 6.42 Å². The highest BCUT2D eigenvalue weighted by molar-refractivity contribution is 5.35. The van der Waals surface area contributed by atoms with Gasteiger partial charge in [0.2, 0.25) is 0 Å². The van der Waals surface area contributed by atoms with E-state index in [1.807, 2.05) is 6.07 Å². The molecule has 0 aromatic heterocycles. The Kier molecular flexibility index (Phi) is 3.12. The molecule has 0 aliphatic heterocycles. The maximum absolute atomic E-state index is 13.1. The highest BCUT2D eigenvalue weighted by atomic mass is 19.1. The van der Waals surface area contributed by atoms with Crippen molar-refractivity contribution in [1.82, 2.24) is 5.32 Å². The number of hydrogen-bond donors (Lipinski definition) is 2. The fourth-order valence-electron chi connectivity index (χ4n) is 3.32. The van der Waals surface area contributed by atoms with Crippen molar-refractivity contribution in [1.29, 1.82) is 0 Å². The molecule has 1 saturated carbocycles. The Morgan fingerprint density at radius 2 is 2.11 bits per heavy atom. The van der Waals surface area contributed by atoms with E-state index in [0.717, 1.165) is 44.1 Å². The van der Waals surface area contributed by atoms with Gasteiger partial charge < -0.3 is 10.4 Å². The third kappa shape index (κ3) is 2.29. The van der Waals surface area contributed by atoms with Gasteiger partial charge >= 0.3 is 0 Å². The Bertz CT molecular complexity index is 440. The average Bonchev–Trinajstić information content (AvgIpc) is 2.93. The van der Waals surface area contributed by atoms with Crippen LogP contribution in [-0.4, -0.2) is 17.3 Å². The third-order valence-corrected chi connectivity index (χ3v) is 4.39. The Labute approximate surface area is 107 Å². The molecule has 3 rings (SSSR count). The zero-order chi connectivity index (χ0) is 12.6. The van der Waals surface area contributed by atoms with E-state index < -0.39 is 5.60 Å². The van der Waals surface area contributed by atoms with E-state index in [1.165, 1.54) is 11.6 Å². The van der Waals surface area contributed by atoms with E-state index in [2.05, 4.69) is 5.32 Å². The van der Waals surface area contributed by atoms with Gasteiger partial charge in [0.05, 0.1) is 5.60 Å². The van der Waals surface area contributed by atoms with Gasteiger partial charge in [0.15, 0.2) is 0 Å². The molecule has 1 aromatic carbocycles. The number of benzene rings is 1. The number of rotatable bonds is 3. The summed E-state index contributed by atoms with van der Waals surface area (Å²) in [6.45, 7) is 0.661. The SMILES string of the molecule is OC1(CNC2CCc3cc(F)ccc32)CCCC1. The second-order valence-electron chi connectivity index (χ2n) is 5.75. The zero-order valence-electron chi connectivity index (χ0n) is 10.6. The first-order chi connectivity index (χ1) is 8.66. The highest BCUT2D eigenvalue weighted by Crippen LogP contribution is 2.33. The molecule has 2 aliphatic carbocycles. The van der Waals surface area contributed by atoms with Gasteiger partial charge in [-0.05, 0) is 48.9 Å². The average molecular weight is 249 g/mol. The predicted octanol–water partition coefficient (Wildman–Crippen LogP) is 2.71. The summed E-state index contributed by atoms with van der Waals surface area (Å²) in [6, 6.07) is 5.34. The highest BCUT2D eigenvalue weighted by Gasteiger charge is 2.32. The van der Waals surface area contributed by atoms with Crippen LogP contribution in [0, 0.1) is 5.82 Å². The van der Waals surface area contributed by atoms with Crippen LogP contribution in [0.15, 0.2) is 18.2 Å². The second-order valence-corrected chi connectivity index (χ2v) is 5.75. The standard InChI is InChI=1S/C15H20FNO/c16-12-4-5-13-11(9-12)3-6-14(13)17-10-15(18)7-1-2-8-15/h4-5,9,14,17-18H,1-3,6-8,10H2. The Balaban J connectivity index is 1.66. The molecule has 1 aromatic rings. The molecule has 2 aliphatic rings. The van der Waals surface area contributed by atoms with Crippen LogP contribution < -0.4 is 5.32 Å². The molecule has 0 heterocycles. The van der Waals surface area contributed by atoms with Crippen molar-refractivity contribution < 1.29 is 9.50 Å². The Hall–Kier alpha value is -0.930. The Morgan fingerprint density at radius 3 is 2.89 bits per heavy atom. The number of aliphatic hydroxyl groups is 1. The van der Waals surface area contributed by atoms with Crippen molar-refractivity contribution in [2.45, 2.75) is 50.2 Å². The maximum Gasteiger partial charge on any atom is 0.123 e. The minimum absolute atomic E-state index is 0.149. The van der Waals surface area contributed by atoms with Crippen LogP contribution in [0.5, 0.6) is 0 Å². The van der Waals surface area contributed by atoms with Gasteiger partial charge in [-0.1, -0.05) is 18.9 Å². The predicted molar refractivity (Wildman–Crippen MR) is 68.9 cm³/mol. The second kappa shape index (κ2) is 4.63. The van der Waals surface area contributed by atoms with Crippen molar-refractivity contribution in [2.24, 2.45) is 0 Å². The first-order valence-corrected chi connectivity index (χ1v) is 6.90. The molecule has 0 amide bonds. The smallest absolute Gasteiger partial charge is 0.123 e. The molecule has 3 heteroatoms. The minimum atomic E-state index is -0.511. The van der Waals surface area contributed by atoms with Gasteiger partial charge in [0.1, 0.15) is 5.82 Å². The number of nitrogens with one attached hydrogen (secondary N) is 1. The summed E-state index contributed by atoms with van der Waals surface area (Å²) in [7, 11) is 0. The first-order valence-electron chi connectivity index (χ1n) is 6.90. The zero-order valence-corrected chi connectivity index (χ0v) is 10.6. The third-order valence-electron chi connectivity index (χ3n) is 4.39. The molecule has 0 bridgehead atoms. The fourth-order valence-corrected chi connectivity index (χ4v) is 3.32. The van der Waals surface area contributed by atoms with E-state index in [-0.39, 0.29) is 11.9 Å². The molecule has 2 N–H and O–H groups in total. The molecular formula is C15H20FNO. The van der Waals surface area contributed by atoms with Crippen LogP contribution in [0.1, 0.15) is 49.3 Å². The normalized spacial score (nSPS) is 25.3. The monoisotopic (exact) mass is 249 g/mol. The lowest BCUT2D eigenvalue weighted by Crippen LogP contribution is -2.39. The molecule has 18 heavy (non-hydrogen) atoms. The summed E-state index contributed by atoms with van der Waals surface area (Å²) in [5.74, 6) is -0.149. The number of halogens is 1. The summed E-state index contributed by atoms with van der Waals surface area (Å²) in [4.78, 5) is 0. The van der Waals surface area contributed by atoms with Gasteiger partial charge in [-0.25, -0.2) is 4.39 Å². The van der Waals surface area contributed by atoms with E-state index in [0.29, 0.717) is 6.54 Å². The van der Waals surface area contributed by atoms with Crippen LogP contribution in [0.25, 0.3) is 0 Å². The molecule has 0 radical (unpaired) electrons. The van der Waals surface area contributed by atoms with Crippen LogP contribution >= 0.6 is 0 Å². The molecule has 1 fully saturated rings. The van der Waals surface area contributed by atoms with Crippen molar-refractivity contribution in [3.8, 4) is 0 Å². The van der Waals surface area contributed by atoms with E-state index in [4.69, 9.17) is 0 Å². The Morgan fingerprint density at radius 1 is 1.33 bits per heavy atom. The number of hydrogen-bond acceptors (Lipinski definition) is 2. The van der Waals surface area contributed by atoms with E-state index in [1.54, 1.807) is 6.07 Å². The molecule has 1 atom stereocenters. The number of aryl methyl sites for hydroxylation is 1. The van der Waals surface area contributed by atoms with Gasteiger partial charge in [-0.15, -0.1) is 0 Å². The molecule has 1 unspecified atom stereocenters. The summed E-state index contributed by atoms with van der Waals surface area (Å²) < 4.78 is 13.1. The van der Waals surface area contributed by atoms with Gasteiger partial charge in [-0.2, -0.15) is 0 Å². The van der Waals surface area contributed by atoms with E-state index in [9.17, 15) is 9.50 Å². The summed E-state index contributed by atoms with van der Waals surface area (Å²) in [6.07, 6.45) is 6.01. The van der Waals surface area contributed by atoms with Crippen LogP contribution in [0.4, 0.5) is 4.39 Å².